The number of halogens is 1. The van der Waals surface area contributed by atoms with Crippen LogP contribution in [0.15, 0.2) is 34.8 Å². The largest absolute Gasteiger partial charge is 0.478 e. The zero-order chi connectivity index (χ0) is 31.7. The molecule has 2 aliphatic rings. The number of carboxylic acids is 2. The maximum atomic E-state index is 13.3. The van der Waals surface area contributed by atoms with Gasteiger partial charge in [0, 0.05) is 17.9 Å². The number of rotatable bonds is 12. The third-order valence-electron chi connectivity index (χ3n) is 6.71. The van der Waals surface area contributed by atoms with E-state index in [1.807, 2.05) is 19.2 Å². The van der Waals surface area contributed by atoms with Gasteiger partial charge in [0.15, 0.2) is 16.4 Å². The Bertz CT molecular complexity index is 1720. The Kier molecular flexibility index (Phi) is 9.00. The summed E-state index contributed by atoms with van der Waals surface area (Å²) in [6.07, 6.45) is 0.347. The molecule has 3 aromatic rings. The molecule has 232 valence electrons. The van der Waals surface area contributed by atoms with Crippen molar-refractivity contribution in [2.75, 3.05) is 25.1 Å². The predicted octanol–water partition coefficient (Wildman–Crippen LogP) is -0.737. The molecule has 3 atom stereocenters. The minimum atomic E-state index is -1.41. The number of likely N-dealkylation sites (N-methyl/N-ethyl adjacent to an activating group) is 1. The van der Waals surface area contributed by atoms with E-state index in [2.05, 4.69) is 31.1 Å². The maximum absolute atomic E-state index is 13.3. The van der Waals surface area contributed by atoms with Gasteiger partial charge in [0.2, 0.25) is 6.10 Å². The van der Waals surface area contributed by atoms with E-state index in [1.165, 1.54) is 18.7 Å². The van der Waals surface area contributed by atoms with Gasteiger partial charge in [-0.3, -0.25) is 14.5 Å². The van der Waals surface area contributed by atoms with Crippen LogP contribution in [0.1, 0.15) is 12.6 Å². The molecule has 44 heavy (non-hydrogen) atoms. The third kappa shape index (κ3) is 5.90. The Morgan fingerprint density at radius 1 is 1.36 bits per heavy atom. The van der Waals surface area contributed by atoms with Crippen LogP contribution in [-0.4, -0.2) is 101 Å². The first-order valence-corrected chi connectivity index (χ1v) is 15.2. The molecule has 0 bridgehead atoms. The molecule has 1 saturated heterocycles. The van der Waals surface area contributed by atoms with Gasteiger partial charge in [0.1, 0.15) is 38.8 Å². The van der Waals surface area contributed by atoms with Crippen LogP contribution in [0.25, 0.3) is 11.2 Å². The van der Waals surface area contributed by atoms with Gasteiger partial charge >= 0.3 is 17.6 Å². The fourth-order valence-electron chi connectivity index (χ4n) is 4.55. The van der Waals surface area contributed by atoms with Crippen molar-refractivity contribution in [2.45, 2.75) is 37.5 Å². The van der Waals surface area contributed by atoms with Crippen LogP contribution in [0, 0.1) is 0 Å². The minimum absolute atomic E-state index is 0.00750. The van der Waals surface area contributed by atoms with Gasteiger partial charge < -0.3 is 31.4 Å². The lowest BCUT2D eigenvalue weighted by molar-refractivity contribution is -0.665. The van der Waals surface area contributed by atoms with E-state index in [-0.39, 0.29) is 33.2 Å². The molecular weight excluding hydrogens is 640 g/mol. The lowest BCUT2D eigenvalue weighted by Gasteiger charge is -2.49. The number of oxime groups is 1. The molecule has 5 rings (SSSR count). The second-order valence-electron chi connectivity index (χ2n) is 9.58. The molecule has 2 aliphatic heterocycles. The fraction of sp³-hybridized carbons (Fsp3) is 0.375. The van der Waals surface area contributed by atoms with E-state index in [1.54, 1.807) is 15.4 Å². The van der Waals surface area contributed by atoms with Crippen molar-refractivity contribution >= 4 is 80.5 Å². The standard InChI is InChI=1S/C24H25ClN10O7S2/c1-10(22(38)39)42-31-14(13-17(25)44-24(26)29-13)19(36)28-15-20(37)35-16(23(40)41)11(9-43-21(15)35)8-33-6-3-4-12-18(33)30-32-34(12)7-5-27-2/h3-4,6,10,15,21,27H,5,7-9H2,1-2H3,(H4-,26,28,29,36,38,39,40,41)/p+1/t10-,15?,21?/m0/s1. The molecule has 2 unspecified atom stereocenters. The number of aromatic nitrogens is 5. The highest BCUT2D eigenvalue weighted by Gasteiger charge is 2.54. The summed E-state index contributed by atoms with van der Waals surface area (Å²) in [4.78, 5) is 60.2. The topological polar surface area (TPSA) is 231 Å². The molecule has 6 N–H and O–H groups in total. The molecule has 2 amide bonds. The first kappa shape index (κ1) is 31.1. The van der Waals surface area contributed by atoms with E-state index in [9.17, 15) is 24.3 Å². The number of amides is 2. The number of nitrogens with one attached hydrogen (secondary N) is 2. The Labute approximate surface area is 261 Å². The number of thiazole rings is 1. The molecule has 3 aromatic heterocycles. The second-order valence-corrected chi connectivity index (χ2v) is 12.3. The number of aliphatic carboxylic acids is 2. The summed E-state index contributed by atoms with van der Waals surface area (Å²) in [5.74, 6) is -3.98. The molecule has 1 fully saturated rings. The quantitative estimate of drug-likeness (QED) is 0.0695. The van der Waals surface area contributed by atoms with Gasteiger partial charge in [0.05, 0.1) is 18.0 Å². The summed E-state index contributed by atoms with van der Waals surface area (Å²) in [6, 6.07) is 2.55. The number of hydrogen-bond acceptors (Lipinski definition) is 13. The van der Waals surface area contributed by atoms with Gasteiger partial charge in [0.25, 0.3) is 11.8 Å². The number of nitrogen functional groups attached to an aromatic ring is 1. The lowest BCUT2D eigenvalue weighted by atomic mass is 10.0. The molecule has 0 spiro atoms. The summed E-state index contributed by atoms with van der Waals surface area (Å²) in [5, 5.41) is 36.2. The average molecular weight is 666 g/mol. The highest BCUT2D eigenvalue weighted by Crippen LogP contribution is 2.40. The van der Waals surface area contributed by atoms with Crippen LogP contribution in [-0.2, 0) is 37.1 Å². The smallest absolute Gasteiger partial charge is 0.378 e. The number of hydrogen-bond donors (Lipinski definition) is 5. The normalized spacial score (nSPS) is 19.0. The van der Waals surface area contributed by atoms with Crippen molar-refractivity contribution in [1.29, 1.82) is 0 Å². The van der Waals surface area contributed by atoms with Gasteiger partial charge in [-0.05, 0) is 26.1 Å². The number of pyridine rings is 1. The van der Waals surface area contributed by atoms with Crippen LogP contribution in [0.3, 0.4) is 0 Å². The predicted molar refractivity (Wildman–Crippen MR) is 158 cm³/mol. The summed E-state index contributed by atoms with van der Waals surface area (Å²) < 4.78 is 3.50. The Morgan fingerprint density at radius 2 is 2.14 bits per heavy atom. The van der Waals surface area contributed by atoms with Crippen molar-refractivity contribution in [1.82, 2.24) is 35.5 Å². The van der Waals surface area contributed by atoms with Crippen LogP contribution >= 0.6 is 34.7 Å². The Hall–Kier alpha value is -4.33. The molecule has 17 nitrogen and oxygen atoms in total. The third-order valence-corrected chi connectivity index (χ3v) is 9.13. The van der Waals surface area contributed by atoms with Crippen LogP contribution < -0.4 is 20.9 Å². The lowest BCUT2D eigenvalue weighted by Crippen LogP contribution is -2.71. The number of thioether (sulfide) groups is 1. The first-order chi connectivity index (χ1) is 21.0. The number of fused-ring (bicyclic) bond motifs is 2. The molecule has 5 heterocycles. The van der Waals surface area contributed by atoms with Crippen molar-refractivity contribution in [3.8, 4) is 0 Å². The van der Waals surface area contributed by atoms with E-state index in [0.29, 0.717) is 24.3 Å². The van der Waals surface area contributed by atoms with Crippen LogP contribution in [0.5, 0.6) is 0 Å². The Morgan fingerprint density at radius 3 is 2.80 bits per heavy atom. The second kappa shape index (κ2) is 12.7. The minimum Gasteiger partial charge on any atom is -0.478 e. The van der Waals surface area contributed by atoms with Crippen molar-refractivity contribution in [3.63, 3.8) is 0 Å². The van der Waals surface area contributed by atoms with Crippen molar-refractivity contribution < 1.29 is 38.8 Å². The monoisotopic (exact) mass is 665 g/mol. The summed E-state index contributed by atoms with van der Waals surface area (Å²) >= 11 is 8.29. The maximum Gasteiger partial charge on any atom is 0.378 e. The number of carboxylic acid groups (broad SMARTS) is 2. The molecule has 0 radical (unpaired) electrons. The number of anilines is 1. The van der Waals surface area contributed by atoms with Gasteiger partial charge in [-0.2, -0.15) is 0 Å². The molecule has 0 saturated carbocycles. The van der Waals surface area contributed by atoms with Gasteiger partial charge in [-0.25, -0.2) is 23.8 Å². The van der Waals surface area contributed by atoms with E-state index >= 15 is 0 Å². The molecule has 0 aromatic carbocycles. The number of carbonyl (C=O) groups is 4. The summed E-state index contributed by atoms with van der Waals surface area (Å²) in [5.41, 5.74) is 6.66. The van der Waals surface area contributed by atoms with E-state index < -0.39 is 47.0 Å². The van der Waals surface area contributed by atoms with Crippen LogP contribution in [0.4, 0.5) is 5.13 Å². The van der Waals surface area contributed by atoms with Crippen LogP contribution in [0.2, 0.25) is 4.34 Å². The van der Waals surface area contributed by atoms with Crippen molar-refractivity contribution in [3.05, 3.63) is 39.6 Å². The van der Waals surface area contributed by atoms with Gasteiger partial charge in [-0.15, -0.1) is 11.8 Å². The molecule has 20 heteroatoms. The highest BCUT2D eigenvalue weighted by atomic mass is 35.5. The number of nitrogens with two attached hydrogens (primary N) is 1. The highest BCUT2D eigenvalue weighted by molar-refractivity contribution is 8.00. The zero-order valence-electron chi connectivity index (χ0n) is 23.1. The summed E-state index contributed by atoms with van der Waals surface area (Å²) in [6.45, 7) is 2.61. The van der Waals surface area contributed by atoms with Gasteiger partial charge in [-0.1, -0.05) is 28.1 Å². The first-order valence-electron chi connectivity index (χ1n) is 13.0. The zero-order valence-corrected chi connectivity index (χ0v) is 25.5. The number of β-lactam (4-membered cyclic amide) rings is 1. The van der Waals surface area contributed by atoms with E-state index in [4.69, 9.17) is 27.3 Å². The molecular formula is C24H26ClN10O7S2+. The summed E-state index contributed by atoms with van der Waals surface area (Å²) in [7, 11) is 1.83. The SMILES string of the molecule is CNCCn1nnc2c1ccc[n+]2CC1=C(C(=O)O)N2C(=O)C(NC(=O)C(=NO[C@@H](C)C(=O)O)c3nc(N)sc3Cl)C2SC1. The molecule has 0 aliphatic carbocycles. The van der Waals surface area contributed by atoms with E-state index in [0.717, 1.165) is 21.8 Å². The number of nitrogens with zero attached hydrogens (tertiary/aromatic N) is 7. The fourth-order valence-corrected chi connectivity index (χ4v) is 6.81. The van der Waals surface area contributed by atoms with Crippen molar-refractivity contribution in [2.24, 2.45) is 5.16 Å². The number of carbonyl (C=O) groups excluding carboxylic acids is 2. The average Bonchev–Trinajstić information content (AvgIpc) is 3.56. The Balaban J connectivity index is 1.38.